The average Bonchev–Trinajstić information content (AvgIpc) is 3.21. The zero-order valence-electron chi connectivity index (χ0n) is 13.0. The van der Waals surface area contributed by atoms with E-state index in [0.717, 1.165) is 37.7 Å². The summed E-state index contributed by atoms with van der Waals surface area (Å²) in [6.45, 7) is 4.03. The maximum absolute atomic E-state index is 4.39. The molecule has 3 heterocycles. The van der Waals surface area contributed by atoms with E-state index in [1.807, 2.05) is 23.1 Å². The van der Waals surface area contributed by atoms with Crippen molar-refractivity contribution in [3.8, 4) is 0 Å². The third-order valence-corrected chi connectivity index (χ3v) is 4.72. The van der Waals surface area contributed by atoms with Crippen LogP contribution in [0.2, 0.25) is 0 Å². The van der Waals surface area contributed by atoms with Crippen molar-refractivity contribution in [1.82, 2.24) is 24.9 Å². The molecule has 1 saturated heterocycles. The lowest BCUT2D eigenvalue weighted by Gasteiger charge is -2.44. The SMILES string of the molecule is CN(CCn1cccn1)C1CN(c2ccc(C3CC3)nn2)C1. The summed E-state index contributed by atoms with van der Waals surface area (Å²) >= 11 is 0. The number of aromatic nitrogens is 4. The van der Waals surface area contributed by atoms with Gasteiger partial charge in [-0.2, -0.15) is 10.2 Å². The van der Waals surface area contributed by atoms with Crippen LogP contribution in [0.1, 0.15) is 24.5 Å². The molecule has 0 radical (unpaired) electrons. The molecule has 0 atom stereocenters. The van der Waals surface area contributed by atoms with E-state index in [0.29, 0.717) is 12.0 Å². The predicted molar refractivity (Wildman–Crippen MR) is 84.9 cm³/mol. The third kappa shape index (κ3) is 2.83. The lowest BCUT2D eigenvalue weighted by Crippen LogP contribution is -2.59. The average molecular weight is 298 g/mol. The molecule has 0 bridgehead atoms. The molecule has 2 fully saturated rings. The highest BCUT2D eigenvalue weighted by molar-refractivity contribution is 5.42. The van der Waals surface area contributed by atoms with Gasteiger partial charge in [0.15, 0.2) is 5.82 Å². The summed E-state index contributed by atoms with van der Waals surface area (Å²) < 4.78 is 1.98. The van der Waals surface area contributed by atoms with Crippen molar-refractivity contribution in [2.45, 2.75) is 31.3 Å². The van der Waals surface area contributed by atoms with E-state index in [2.05, 4.69) is 44.3 Å². The fraction of sp³-hybridized carbons (Fsp3) is 0.562. The van der Waals surface area contributed by atoms with Gasteiger partial charge in [0.05, 0.1) is 12.2 Å². The maximum Gasteiger partial charge on any atom is 0.151 e. The molecule has 6 heteroatoms. The van der Waals surface area contributed by atoms with Crippen molar-refractivity contribution >= 4 is 5.82 Å². The first-order valence-corrected chi connectivity index (χ1v) is 8.06. The first-order chi connectivity index (χ1) is 10.8. The molecule has 2 aromatic heterocycles. The van der Waals surface area contributed by atoms with Gasteiger partial charge < -0.3 is 4.90 Å². The molecule has 2 aliphatic rings. The van der Waals surface area contributed by atoms with Crippen molar-refractivity contribution in [3.63, 3.8) is 0 Å². The Kier molecular flexibility index (Phi) is 3.54. The Morgan fingerprint density at radius 1 is 1.23 bits per heavy atom. The van der Waals surface area contributed by atoms with Gasteiger partial charge in [-0.15, -0.1) is 5.10 Å². The van der Waals surface area contributed by atoms with Crippen LogP contribution in [0, 0.1) is 0 Å². The van der Waals surface area contributed by atoms with E-state index in [-0.39, 0.29) is 0 Å². The van der Waals surface area contributed by atoms with Crippen LogP contribution in [0.25, 0.3) is 0 Å². The van der Waals surface area contributed by atoms with Crippen LogP contribution >= 0.6 is 0 Å². The summed E-state index contributed by atoms with van der Waals surface area (Å²) in [7, 11) is 2.19. The first kappa shape index (κ1) is 13.7. The van der Waals surface area contributed by atoms with Crippen molar-refractivity contribution in [2.24, 2.45) is 0 Å². The molecule has 1 saturated carbocycles. The summed E-state index contributed by atoms with van der Waals surface area (Å²) in [5, 5.41) is 13.0. The standard InChI is InChI=1S/C16H22N6/c1-20(9-10-22-8-2-7-17-22)14-11-21(12-14)16-6-5-15(18-19-16)13-3-4-13/h2,5-8,13-14H,3-4,9-12H2,1H3. The van der Waals surface area contributed by atoms with E-state index in [4.69, 9.17) is 0 Å². The van der Waals surface area contributed by atoms with Crippen LogP contribution in [0.15, 0.2) is 30.6 Å². The fourth-order valence-corrected chi connectivity index (χ4v) is 2.90. The highest BCUT2D eigenvalue weighted by Gasteiger charge is 2.31. The van der Waals surface area contributed by atoms with Gasteiger partial charge >= 0.3 is 0 Å². The second-order valence-electron chi connectivity index (χ2n) is 6.40. The molecule has 0 spiro atoms. The summed E-state index contributed by atoms with van der Waals surface area (Å²) in [6.07, 6.45) is 6.40. The molecular weight excluding hydrogens is 276 g/mol. The predicted octanol–water partition coefficient (Wildman–Crippen LogP) is 1.37. The number of likely N-dealkylation sites (N-methyl/N-ethyl adjacent to an activating group) is 1. The largest absolute Gasteiger partial charge is 0.352 e. The molecule has 4 rings (SSSR count). The molecule has 116 valence electrons. The lowest BCUT2D eigenvalue weighted by molar-refractivity contribution is 0.195. The van der Waals surface area contributed by atoms with Crippen LogP contribution in [-0.2, 0) is 6.54 Å². The Balaban J connectivity index is 1.26. The zero-order chi connectivity index (χ0) is 14.9. The molecule has 0 unspecified atom stereocenters. The number of hydrogen-bond donors (Lipinski definition) is 0. The second kappa shape index (κ2) is 5.68. The van der Waals surface area contributed by atoms with Crippen LogP contribution in [0.4, 0.5) is 5.82 Å². The van der Waals surface area contributed by atoms with Gasteiger partial charge in [0, 0.05) is 44.0 Å². The van der Waals surface area contributed by atoms with Crippen LogP contribution in [0.3, 0.4) is 0 Å². The van der Waals surface area contributed by atoms with Gasteiger partial charge in [0.1, 0.15) is 0 Å². The Morgan fingerprint density at radius 2 is 2.09 bits per heavy atom. The van der Waals surface area contributed by atoms with E-state index < -0.39 is 0 Å². The molecule has 0 amide bonds. The minimum absolute atomic E-state index is 0.598. The van der Waals surface area contributed by atoms with Crippen molar-refractivity contribution in [1.29, 1.82) is 0 Å². The molecule has 6 nitrogen and oxygen atoms in total. The molecule has 2 aromatic rings. The number of anilines is 1. The summed E-state index contributed by atoms with van der Waals surface area (Å²) in [6, 6.07) is 6.84. The minimum Gasteiger partial charge on any atom is -0.352 e. The quantitative estimate of drug-likeness (QED) is 0.806. The number of rotatable bonds is 6. The van der Waals surface area contributed by atoms with Crippen molar-refractivity contribution < 1.29 is 0 Å². The first-order valence-electron chi connectivity index (χ1n) is 8.06. The Bertz CT molecular complexity index is 598. The van der Waals surface area contributed by atoms with Crippen molar-refractivity contribution in [2.75, 3.05) is 31.6 Å². The van der Waals surface area contributed by atoms with E-state index in [1.54, 1.807) is 0 Å². The Labute approximate surface area is 130 Å². The molecule has 1 aliphatic carbocycles. The van der Waals surface area contributed by atoms with Gasteiger partial charge in [-0.1, -0.05) is 0 Å². The van der Waals surface area contributed by atoms with Crippen LogP contribution in [-0.4, -0.2) is 57.6 Å². The normalized spacial score (nSPS) is 18.7. The van der Waals surface area contributed by atoms with E-state index in [1.165, 1.54) is 12.8 Å². The third-order valence-electron chi connectivity index (χ3n) is 4.72. The molecule has 22 heavy (non-hydrogen) atoms. The topological polar surface area (TPSA) is 50.1 Å². The minimum atomic E-state index is 0.598. The summed E-state index contributed by atoms with van der Waals surface area (Å²) in [5.74, 6) is 1.69. The van der Waals surface area contributed by atoms with Crippen LogP contribution in [0.5, 0.6) is 0 Å². The monoisotopic (exact) mass is 298 g/mol. The number of nitrogens with zero attached hydrogens (tertiary/aromatic N) is 6. The maximum atomic E-state index is 4.39. The Morgan fingerprint density at radius 3 is 2.73 bits per heavy atom. The number of hydrogen-bond acceptors (Lipinski definition) is 5. The molecular formula is C16H22N6. The van der Waals surface area contributed by atoms with Gasteiger partial charge in [-0.3, -0.25) is 9.58 Å². The Hall–Kier alpha value is -1.95. The fourth-order valence-electron chi connectivity index (χ4n) is 2.90. The van der Waals surface area contributed by atoms with E-state index >= 15 is 0 Å². The highest BCUT2D eigenvalue weighted by atomic mass is 15.4. The highest BCUT2D eigenvalue weighted by Crippen LogP contribution is 2.38. The summed E-state index contributed by atoms with van der Waals surface area (Å²) in [4.78, 5) is 4.71. The van der Waals surface area contributed by atoms with Gasteiger partial charge in [-0.05, 0) is 38.1 Å². The van der Waals surface area contributed by atoms with Crippen LogP contribution < -0.4 is 4.90 Å². The van der Waals surface area contributed by atoms with Gasteiger partial charge in [0.25, 0.3) is 0 Å². The molecule has 1 aliphatic heterocycles. The lowest BCUT2D eigenvalue weighted by atomic mass is 10.1. The second-order valence-corrected chi connectivity index (χ2v) is 6.40. The van der Waals surface area contributed by atoms with Gasteiger partial charge in [-0.25, -0.2) is 0 Å². The smallest absolute Gasteiger partial charge is 0.151 e. The summed E-state index contributed by atoms with van der Waals surface area (Å²) in [5.41, 5.74) is 1.16. The van der Waals surface area contributed by atoms with Gasteiger partial charge in [0.2, 0.25) is 0 Å². The zero-order valence-corrected chi connectivity index (χ0v) is 13.0. The molecule has 0 N–H and O–H groups in total. The van der Waals surface area contributed by atoms with Crippen molar-refractivity contribution in [3.05, 3.63) is 36.3 Å². The molecule has 0 aromatic carbocycles. The van der Waals surface area contributed by atoms with E-state index in [9.17, 15) is 0 Å².